The molecule has 0 bridgehead atoms. The van der Waals surface area contributed by atoms with E-state index in [4.69, 9.17) is 23.2 Å². The summed E-state index contributed by atoms with van der Waals surface area (Å²) in [6.07, 6.45) is 4.47. The van der Waals surface area contributed by atoms with Gasteiger partial charge in [0.15, 0.2) is 0 Å². The van der Waals surface area contributed by atoms with Crippen LogP contribution in [0.5, 0.6) is 0 Å². The van der Waals surface area contributed by atoms with E-state index in [0.717, 1.165) is 38.8 Å². The molecule has 33 heavy (non-hydrogen) atoms. The van der Waals surface area contributed by atoms with Crippen LogP contribution < -0.4 is 0 Å². The quantitative estimate of drug-likeness (QED) is 0.550. The van der Waals surface area contributed by atoms with Gasteiger partial charge in [-0.3, -0.25) is 4.79 Å². The normalized spacial score (nSPS) is 20.7. The van der Waals surface area contributed by atoms with Crippen molar-refractivity contribution < 1.29 is 13.2 Å². The SMILES string of the molecule is O=C([C@@H]1CCCN(S(=O)(=O)Cc2ccc(Cl)c(Cl)c2)C1)N1CCC(Cc2ccccc2)CC1. The number of benzene rings is 2. The molecule has 0 unspecified atom stereocenters. The van der Waals surface area contributed by atoms with Crippen LogP contribution in [0.4, 0.5) is 0 Å². The summed E-state index contributed by atoms with van der Waals surface area (Å²) < 4.78 is 27.6. The van der Waals surface area contributed by atoms with Gasteiger partial charge >= 0.3 is 0 Å². The van der Waals surface area contributed by atoms with Crippen LogP contribution in [0.2, 0.25) is 10.0 Å². The monoisotopic (exact) mass is 508 g/mol. The van der Waals surface area contributed by atoms with Crippen molar-refractivity contribution in [2.75, 3.05) is 26.2 Å². The fraction of sp³-hybridized carbons (Fsp3) is 0.480. The molecular weight excluding hydrogens is 479 g/mol. The molecule has 0 saturated carbocycles. The highest BCUT2D eigenvalue weighted by molar-refractivity contribution is 7.88. The minimum Gasteiger partial charge on any atom is -0.342 e. The molecule has 8 heteroatoms. The van der Waals surface area contributed by atoms with Crippen LogP contribution in [-0.2, 0) is 27.0 Å². The van der Waals surface area contributed by atoms with E-state index in [-0.39, 0.29) is 24.1 Å². The third-order valence-corrected chi connectivity index (χ3v) is 9.31. The van der Waals surface area contributed by atoms with Crippen molar-refractivity contribution in [2.24, 2.45) is 11.8 Å². The summed E-state index contributed by atoms with van der Waals surface area (Å²) in [4.78, 5) is 15.1. The highest BCUT2D eigenvalue weighted by Crippen LogP contribution is 2.28. The smallest absolute Gasteiger partial charge is 0.227 e. The van der Waals surface area contributed by atoms with Gasteiger partial charge in [-0.2, -0.15) is 0 Å². The Kier molecular flexibility index (Phi) is 8.00. The van der Waals surface area contributed by atoms with Crippen LogP contribution in [-0.4, -0.2) is 49.7 Å². The Balaban J connectivity index is 1.32. The molecule has 1 atom stereocenters. The number of sulfonamides is 1. The summed E-state index contributed by atoms with van der Waals surface area (Å²) in [6, 6.07) is 15.4. The van der Waals surface area contributed by atoms with Crippen LogP contribution in [0.1, 0.15) is 36.8 Å². The average Bonchev–Trinajstić information content (AvgIpc) is 2.82. The zero-order chi connectivity index (χ0) is 23.4. The third-order valence-electron chi connectivity index (χ3n) is 6.75. The maximum absolute atomic E-state index is 13.2. The van der Waals surface area contributed by atoms with Crippen LogP contribution in [0.15, 0.2) is 48.5 Å². The number of hydrogen-bond acceptors (Lipinski definition) is 3. The van der Waals surface area contributed by atoms with Gasteiger partial charge in [-0.05, 0) is 61.3 Å². The van der Waals surface area contributed by atoms with Crippen molar-refractivity contribution >= 4 is 39.1 Å². The van der Waals surface area contributed by atoms with E-state index in [1.807, 2.05) is 11.0 Å². The van der Waals surface area contributed by atoms with Gasteiger partial charge in [0.1, 0.15) is 0 Å². The maximum atomic E-state index is 13.2. The lowest BCUT2D eigenvalue weighted by molar-refractivity contribution is -0.138. The Labute approximate surface area is 206 Å². The first kappa shape index (κ1) is 24.5. The molecular formula is C25H30Cl2N2O3S. The van der Waals surface area contributed by atoms with Crippen LogP contribution in [0, 0.1) is 11.8 Å². The number of rotatable bonds is 6. The van der Waals surface area contributed by atoms with Crippen molar-refractivity contribution in [1.82, 2.24) is 9.21 Å². The summed E-state index contributed by atoms with van der Waals surface area (Å²) in [7, 11) is -3.55. The number of piperidine rings is 2. The molecule has 0 N–H and O–H groups in total. The van der Waals surface area contributed by atoms with Crippen LogP contribution >= 0.6 is 23.2 Å². The number of halogens is 2. The molecule has 2 fully saturated rings. The van der Waals surface area contributed by atoms with Gasteiger partial charge in [0.25, 0.3) is 0 Å². The van der Waals surface area contributed by atoms with Crippen LogP contribution in [0.25, 0.3) is 0 Å². The molecule has 2 aliphatic heterocycles. The van der Waals surface area contributed by atoms with Gasteiger partial charge in [-0.1, -0.05) is 59.6 Å². The van der Waals surface area contributed by atoms with E-state index in [2.05, 4.69) is 24.3 Å². The van der Waals surface area contributed by atoms with E-state index in [9.17, 15) is 13.2 Å². The topological polar surface area (TPSA) is 57.7 Å². The Morgan fingerprint density at radius 3 is 2.33 bits per heavy atom. The number of carbonyl (C=O) groups excluding carboxylic acids is 1. The fourth-order valence-electron chi connectivity index (χ4n) is 4.89. The molecule has 0 radical (unpaired) electrons. The van der Waals surface area contributed by atoms with E-state index in [1.54, 1.807) is 18.2 Å². The van der Waals surface area contributed by atoms with E-state index < -0.39 is 10.0 Å². The molecule has 4 rings (SSSR count). The number of carbonyl (C=O) groups is 1. The molecule has 0 aliphatic carbocycles. The summed E-state index contributed by atoms with van der Waals surface area (Å²) in [5.41, 5.74) is 1.94. The first-order chi connectivity index (χ1) is 15.8. The van der Waals surface area contributed by atoms with Gasteiger partial charge in [0.2, 0.25) is 15.9 Å². The van der Waals surface area contributed by atoms with E-state index in [0.29, 0.717) is 34.5 Å². The summed E-state index contributed by atoms with van der Waals surface area (Å²) in [6.45, 7) is 2.21. The standard InChI is InChI=1S/C25H30Cl2N2O3S/c26-23-9-8-21(16-24(23)27)18-33(31,32)29-12-4-7-22(17-29)25(30)28-13-10-20(11-14-28)15-19-5-2-1-3-6-19/h1-3,5-6,8-9,16,20,22H,4,7,10-15,17-18H2/t22-/m1/s1. The summed E-state index contributed by atoms with van der Waals surface area (Å²) >= 11 is 12.0. The molecule has 2 aromatic carbocycles. The molecule has 0 aromatic heterocycles. The van der Waals surface area contributed by atoms with Gasteiger partial charge in [0.05, 0.1) is 21.7 Å². The largest absolute Gasteiger partial charge is 0.342 e. The Bertz CT molecular complexity index is 1070. The summed E-state index contributed by atoms with van der Waals surface area (Å²) in [5.74, 6) is 0.275. The molecule has 5 nitrogen and oxygen atoms in total. The maximum Gasteiger partial charge on any atom is 0.227 e. The molecule has 2 aliphatic rings. The molecule has 2 heterocycles. The minimum absolute atomic E-state index is 0.0996. The van der Waals surface area contributed by atoms with Crippen LogP contribution in [0.3, 0.4) is 0 Å². The zero-order valence-corrected chi connectivity index (χ0v) is 21.0. The first-order valence-corrected chi connectivity index (χ1v) is 13.9. The minimum atomic E-state index is -3.55. The number of hydrogen-bond donors (Lipinski definition) is 0. The Morgan fingerprint density at radius 1 is 0.909 bits per heavy atom. The number of likely N-dealkylation sites (tertiary alicyclic amines) is 1. The van der Waals surface area contributed by atoms with Crippen molar-refractivity contribution in [3.63, 3.8) is 0 Å². The predicted molar refractivity (Wildman–Crippen MR) is 133 cm³/mol. The highest BCUT2D eigenvalue weighted by atomic mass is 35.5. The zero-order valence-electron chi connectivity index (χ0n) is 18.6. The highest BCUT2D eigenvalue weighted by Gasteiger charge is 2.35. The second-order valence-electron chi connectivity index (χ2n) is 9.16. The lowest BCUT2D eigenvalue weighted by Crippen LogP contribution is -2.48. The van der Waals surface area contributed by atoms with Crippen molar-refractivity contribution in [1.29, 1.82) is 0 Å². The van der Waals surface area contributed by atoms with E-state index in [1.165, 1.54) is 9.87 Å². The molecule has 0 spiro atoms. The molecule has 2 aromatic rings. The van der Waals surface area contributed by atoms with Crippen molar-refractivity contribution in [2.45, 2.75) is 37.9 Å². The second-order valence-corrected chi connectivity index (χ2v) is 11.9. The molecule has 1 amide bonds. The lowest BCUT2D eigenvalue weighted by atomic mass is 9.89. The van der Waals surface area contributed by atoms with Gasteiger partial charge in [0, 0.05) is 26.2 Å². The Hall–Kier alpha value is -1.60. The first-order valence-electron chi connectivity index (χ1n) is 11.6. The molecule has 2 saturated heterocycles. The Morgan fingerprint density at radius 2 is 1.64 bits per heavy atom. The second kappa shape index (κ2) is 10.8. The summed E-state index contributed by atoms with van der Waals surface area (Å²) in [5, 5.41) is 0.737. The number of nitrogens with zero attached hydrogens (tertiary/aromatic N) is 2. The van der Waals surface area contributed by atoms with Crippen molar-refractivity contribution in [3.05, 3.63) is 69.7 Å². The van der Waals surface area contributed by atoms with E-state index >= 15 is 0 Å². The lowest BCUT2D eigenvalue weighted by Gasteiger charge is -2.37. The predicted octanol–water partition coefficient (Wildman–Crippen LogP) is 5.02. The molecule has 178 valence electrons. The number of amides is 1. The fourth-order valence-corrected chi connectivity index (χ4v) is 6.81. The van der Waals surface area contributed by atoms with Crippen molar-refractivity contribution in [3.8, 4) is 0 Å². The van der Waals surface area contributed by atoms with Gasteiger partial charge in [-0.25, -0.2) is 12.7 Å². The van der Waals surface area contributed by atoms with Gasteiger partial charge < -0.3 is 4.90 Å². The van der Waals surface area contributed by atoms with Gasteiger partial charge in [-0.15, -0.1) is 0 Å². The third kappa shape index (κ3) is 6.30. The average molecular weight is 509 g/mol.